The van der Waals surface area contributed by atoms with Gasteiger partial charge in [-0.25, -0.2) is 0 Å². The largest absolute Gasteiger partial charge is 0.487 e. The van der Waals surface area contributed by atoms with Crippen molar-refractivity contribution in [3.63, 3.8) is 0 Å². The number of fused-ring (bicyclic) bond motifs is 1. The molecular formula is C21H23N2OS2+. The molecule has 0 unspecified atom stereocenters. The minimum atomic E-state index is 0.663. The van der Waals surface area contributed by atoms with Gasteiger partial charge in [-0.3, -0.25) is 0 Å². The Balaban J connectivity index is 1.60. The lowest BCUT2D eigenvalue weighted by Crippen LogP contribution is -2.38. The van der Waals surface area contributed by atoms with E-state index in [1.165, 1.54) is 26.0 Å². The van der Waals surface area contributed by atoms with Gasteiger partial charge in [-0.2, -0.15) is 4.57 Å². The van der Waals surface area contributed by atoms with E-state index in [9.17, 15) is 0 Å². The van der Waals surface area contributed by atoms with Gasteiger partial charge < -0.3 is 9.64 Å². The lowest BCUT2D eigenvalue weighted by Gasteiger charge is -2.14. The van der Waals surface area contributed by atoms with Crippen LogP contribution in [0.2, 0.25) is 0 Å². The van der Waals surface area contributed by atoms with E-state index in [-0.39, 0.29) is 0 Å². The van der Waals surface area contributed by atoms with Crippen LogP contribution in [0.15, 0.2) is 59.6 Å². The highest BCUT2D eigenvalue weighted by Gasteiger charge is 2.22. The summed E-state index contributed by atoms with van der Waals surface area (Å²) in [5.41, 5.74) is 1.28. The first-order chi connectivity index (χ1) is 12.8. The monoisotopic (exact) mass is 383 g/mol. The van der Waals surface area contributed by atoms with Gasteiger partial charge in [0.25, 0.3) is 5.01 Å². The zero-order valence-electron chi connectivity index (χ0n) is 14.9. The lowest BCUT2D eigenvalue weighted by molar-refractivity contribution is -0.669. The second kappa shape index (κ2) is 8.14. The fraction of sp³-hybridized carbons (Fsp3) is 0.286. The number of rotatable bonds is 6. The quantitative estimate of drug-likeness (QED) is 0.577. The Kier molecular flexibility index (Phi) is 5.46. The highest BCUT2D eigenvalue weighted by atomic mass is 32.2. The molecule has 0 bridgehead atoms. The molecular weight excluding hydrogens is 360 g/mol. The number of aromatic nitrogens is 1. The van der Waals surface area contributed by atoms with E-state index < -0.39 is 0 Å². The molecule has 134 valence electrons. The predicted octanol–water partition coefficient (Wildman–Crippen LogP) is 4.63. The number of nitrogens with zero attached hydrogens (tertiary/aromatic N) is 2. The summed E-state index contributed by atoms with van der Waals surface area (Å²) in [4.78, 5) is 2.46. The van der Waals surface area contributed by atoms with E-state index in [4.69, 9.17) is 4.74 Å². The van der Waals surface area contributed by atoms with Crippen LogP contribution in [0.3, 0.4) is 0 Å². The van der Waals surface area contributed by atoms with Crippen molar-refractivity contribution in [3.05, 3.63) is 64.6 Å². The fourth-order valence-electron chi connectivity index (χ4n) is 3.18. The SMILES string of the molecule is CCN1CCSC1=Cc1sc2ccccc2[n+]1CCOc1ccccc1. The Bertz CT molecular complexity index is 905. The average molecular weight is 384 g/mol. The van der Waals surface area contributed by atoms with Crippen LogP contribution in [0.1, 0.15) is 11.9 Å². The van der Waals surface area contributed by atoms with Crippen LogP contribution in [0.5, 0.6) is 5.75 Å². The molecule has 0 saturated carbocycles. The Hall–Kier alpha value is -1.98. The molecule has 2 heterocycles. The second-order valence-corrected chi connectivity index (χ2v) is 8.31. The van der Waals surface area contributed by atoms with Gasteiger partial charge in [0.2, 0.25) is 5.52 Å². The van der Waals surface area contributed by atoms with Crippen LogP contribution in [-0.2, 0) is 6.54 Å². The number of para-hydroxylation sites is 2. The molecule has 3 nitrogen and oxygen atoms in total. The van der Waals surface area contributed by atoms with Crippen molar-refractivity contribution in [1.82, 2.24) is 4.90 Å². The van der Waals surface area contributed by atoms with Gasteiger partial charge in [-0.05, 0) is 25.1 Å². The number of hydrogen-bond donors (Lipinski definition) is 0. The lowest BCUT2D eigenvalue weighted by atomic mass is 10.3. The molecule has 3 aromatic rings. The molecule has 2 aromatic carbocycles. The first-order valence-electron chi connectivity index (χ1n) is 9.04. The van der Waals surface area contributed by atoms with E-state index in [1.54, 1.807) is 0 Å². The molecule has 0 amide bonds. The summed E-state index contributed by atoms with van der Waals surface area (Å²) in [6, 6.07) is 18.7. The van der Waals surface area contributed by atoms with E-state index in [1.807, 2.05) is 53.4 Å². The van der Waals surface area contributed by atoms with E-state index >= 15 is 0 Å². The second-order valence-electron chi connectivity index (χ2n) is 6.13. The minimum Gasteiger partial charge on any atom is -0.487 e. The maximum atomic E-state index is 5.94. The van der Waals surface area contributed by atoms with Crippen molar-refractivity contribution in [2.45, 2.75) is 13.5 Å². The van der Waals surface area contributed by atoms with Crippen molar-refractivity contribution in [3.8, 4) is 5.75 Å². The Morgan fingerprint density at radius 2 is 1.92 bits per heavy atom. The average Bonchev–Trinajstić information content (AvgIpc) is 3.27. The summed E-state index contributed by atoms with van der Waals surface area (Å²) < 4.78 is 9.66. The molecule has 1 saturated heterocycles. The van der Waals surface area contributed by atoms with Crippen molar-refractivity contribution in [2.75, 3.05) is 25.4 Å². The van der Waals surface area contributed by atoms with Crippen LogP contribution < -0.4 is 9.30 Å². The number of thiazole rings is 1. The standard InChI is InChI=1S/C21H23N2OS2/c1-2-22-13-15-25-20(22)16-21-23(18-10-6-7-11-19(18)26-21)12-14-24-17-8-4-3-5-9-17/h3-11,16H,2,12-15H2,1H3/q+1. The maximum Gasteiger partial charge on any atom is 0.265 e. The smallest absolute Gasteiger partial charge is 0.265 e. The Labute approximate surface area is 162 Å². The first kappa shape index (κ1) is 17.4. The van der Waals surface area contributed by atoms with Gasteiger partial charge in [0, 0.05) is 24.9 Å². The summed E-state index contributed by atoms with van der Waals surface area (Å²) in [7, 11) is 0. The highest BCUT2D eigenvalue weighted by Crippen LogP contribution is 2.31. The summed E-state index contributed by atoms with van der Waals surface area (Å²) in [5, 5.41) is 2.68. The number of ether oxygens (including phenoxy) is 1. The molecule has 0 N–H and O–H groups in total. The number of hydrogen-bond acceptors (Lipinski definition) is 4. The maximum absolute atomic E-state index is 5.94. The first-order valence-corrected chi connectivity index (χ1v) is 10.8. The predicted molar refractivity (Wildman–Crippen MR) is 112 cm³/mol. The van der Waals surface area contributed by atoms with Crippen LogP contribution >= 0.6 is 23.1 Å². The van der Waals surface area contributed by atoms with Gasteiger partial charge in [0.1, 0.15) is 17.1 Å². The fourth-order valence-corrected chi connectivity index (χ4v) is 5.50. The van der Waals surface area contributed by atoms with Crippen LogP contribution in [0.4, 0.5) is 0 Å². The zero-order chi connectivity index (χ0) is 17.8. The molecule has 4 rings (SSSR count). The van der Waals surface area contributed by atoms with Gasteiger partial charge in [0.05, 0.1) is 11.1 Å². The summed E-state index contributed by atoms with van der Waals surface area (Å²) >= 11 is 3.82. The molecule has 0 aliphatic carbocycles. The molecule has 26 heavy (non-hydrogen) atoms. The molecule has 0 atom stereocenters. The molecule has 1 aliphatic heterocycles. The van der Waals surface area contributed by atoms with Crippen molar-refractivity contribution in [1.29, 1.82) is 0 Å². The molecule has 0 spiro atoms. The summed E-state index contributed by atoms with van der Waals surface area (Å²) in [5.74, 6) is 2.11. The summed E-state index contributed by atoms with van der Waals surface area (Å²) in [6.45, 7) is 5.95. The molecule has 1 aromatic heterocycles. The van der Waals surface area contributed by atoms with Gasteiger partial charge in [-0.1, -0.05) is 41.7 Å². The van der Waals surface area contributed by atoms with Crippen LogP contribution in [0, 0.1) is 0 Å². The Morgan fingerprint density at radius 3 is 2.77 bits per heavy atom. The number of thioether (sulfide) groups is 1. The van der Waals surface area contributed by atoms with Gasteiger partial charge in [0.15, 0.2) is 6.54 Å². The third-order valence-corrected chi connectivity index (χ3v) is 6.69. The number of benzene rings is 2. The molecule has 1 aliphatic rings. The normalized spacial score (nSPS) is 15.9. The third-order valence-electron chi connectivity index (χ3n) is 4.51. The van der Waals surface area contributed by atoms with Gasteiger partial charge >= 0.3 is 0 Å². The van der Waals surface area contributed by atoms with Crippen molar-refractivity contribution < 1.29 is 9.30 Å². The third kappa shape index (κ3) is 3.74. The van der Waals surface area contributed by atoms with E-state index in [2.05, 4.69) is 46.7 Å². The molecule has 5 heteroatoms. The van der Waals surface area contributed by atoms with E-state index in [0.717, 1.165) is 25.4 Å². The van der Waals surface area contributed by atoms with Crippen molar-refractivity contribution in [2.24, 2.45) is 0 Å². The zero-order valence-corrected chi connectivity index (χ0v) is 16.6. The highest BCUT2D eigenvalue weighted by molar-refractivity contribution is 8.03. The van der Waals surface area contributed by atoms with Gasteiger partial charge in [-0.15, -0.1) is 11.8 Å². The molecule has 0 radical (unpaired) electrons. The molecule has 1 fully saturated rings. The van der Waals surface area contributed by atoms with Crippen molar-refractivity contribution >= 4 is 39.4 Å². The Morgan fingerprint density at radius 1 is 1.12 bits per heavy atom. The van der Waals surface area contributed by atoms with E-state index in [0.29, 0.717) is 6.61 Å². The topological polar surface area (TPSA) is 16.4 Å². The van der Waals surface area contributed by atoms with Crippen LogP contribution in [-0.4, -0.2) is 30.3 Å². The van der Waals surface area contributed by atoms with Crippen LogP contribution in [0.25, 0.3) is 16.3 Å². The minimum absolute atomic E-state index is 0.663. The summed E-state index contributed by atoms with van der Waals surface area (Å²) in [6.07, 6.45) is 2.36.